The first-order chi connectivity index (χ1) is 13.5. The molecule has 0 radical (unpaired) electrons. The first kappa shape index (κ1) is 18.2. The van der Waals surface area contributed by atoms with Gasteiger partial charge in [0.1, 0.15) is 0 Å². The third-order valence-electron chi connectivity index (χ3n) is 4.97. The zero-order chi connectivity index (χ0) is 19.7. The smallest absolute Gasteiger partial charge is 0.263 e. The van der Waals surface area contributed by atoms with Gasteiger partial charge in [-0.15, -0.1) is 0 Å². The van der Waals surface area contributed by atoms with Crippen LogP contribution < -0.4 is 27.0 Å². The SMILES string of the molecule is CC(CNC1CC1)NC(=O)C1Nc2cc(N)c(C(=N)c3ccncc3)cc2N1. The van der Waals surface area contributed by atoms with Crippen molar-refractivity contribution in [2.24, 2.45) is 0 Å². The molecule has 1 aliphatic heterocycles. The summed E-state index contributed by atoms with van der Waals surface area (Å²) in [4.78, 5) is 16.5. The Kier molecular flexibility index (Phi) is 4.87. The van der Waals surface area contributed by atoms with Crippen molar-refractivity contribution in [3.8, 4) is 0 Å². The second-order valence-corrected chi connectivity index (χ2v) is 7.41. The van der Waals surface area contributed by atoms with Crippen LogP contribution in [0.1, 0.15) is 30.9 Å². The number of hydrogen-bond acceptors (Lipinski definition) is 7. The van der Waals surface area contributed by atoms with Crippen LogP contribution in [-0.2, 0) is 4.79 Å². The molecule has 2 aliphatic rings. The van der Waals surface area contributed by atoms with Gasteiger partial charge in [-0.05, 0) is 44.0 Å². The monoisotopic (exact) mass is 379 g/mol. The number of benzene rings is 1. The van der Waals surface area contributed by atoms with E-state index in [1.54, 1.807) is 30.6 Å². The number of nitrogens with zero attached hydrogens (tertiary/aromatic N) is 1. The summed E-state index contributed by atoms with van der Waals surface area (Å²) in [6, 6.07) is 7.77. The molecule has 28 heavy (non-hydrogen) atoms. The minimum atomic E-state index is -0.567. The molecule has 4 rings (SSSR count). The number of nitrogens with one attached hydrogen (secondary N) is 5. The summed E-state index contributed by atoms with van der Waals surface area (Å²) in [6.45, 7) is 2.75. The largest absolute Gasteiger partial charge is 0.398 e. The Hall–Kier alpha value is -3.13. The summed E-state index contributed by atoms with van der Waals surface area (Å²) in [6.07, 6.45) is 5.17. The summed E-state index contributed by atoms with van der Waals surface area (Å²) in [7, 11) is 0. The summed E-state index contributed by atoms with van der Waals surface area (Å²) >= 11 is 0. The number of hydrogen-bond donors (Lipinski definition) is 6. The van der Waals surface area contributed by atoms with Crippen molar-refractivity contribution in [2.75, 3.05) is 22.9 Å². The average Bonchev–Trinajstić information content (AvgIpc) is 3.44. The third kappa shape index (κ3) is 3.91. The molecule has 7 N–H and O–H groups in total. The summed E-state index contributed by atoms with van der Waals surface area (Å²) in [5.74, 6) is -0.120. The van der Waals surface area contributed by atoms with Crippen LogP contribution in [0, 0.1) is 5.41 Å². The third-order valence-corrected chi connectivity index (χ3v) is 4.97. The standard InChI is InChI=1S/C20H25N7O/c1-11(10-24-13-2-3-13)25-20(28)19-26-16-8-14(15(21)9-17(16)27-19)18(22)12-4-6-23-7-5-12/h4-9,11,13,19,22,24,26-27H,2-3,10,21H2,1H3,(H,25,28). The lowest BCUT2D eigenvalue weighted by atomic mass is 10.0. The Labute approximate surface area is 163 Å². The molecule has 0 bridgehead atoms. The highest BCUT2D eigenvalue weighted by Crippen LogP contribution is 2.34. The van der Waals surface area contributed by atoms with Gasteiger partial charge in [0.2, 0.25) is 0 Å². The molecule has 2 atom stereocenters. The van der Waals surface area contributed by atoms with E-state index in [-0.39, 0.29) is 11.9 Å². The van der Waals surface area contributed by atoms with E-state index < -0.39 is 6.17 Å². The normalized spacial score (nSPS) is 18.5. The van der Waals surface area contributed by atoms with E-state index in [4.69, 9.17) is 11.1 Å². The van der Waals surface area contributed by atoms with Gasteiger partial charge in [-0.3, -0.25) is 15.2 Å². The Morgan fingerprint density at radius 2 is 1.96 bits per heavy atom. The predicted octanol–water partition coefficient (Wildman–Crippen LogP) is 1.50. The predicted molar refractivity (Wildman–Crippen MR) is 111 cm³/mol. The topological polar surface area (TPSA) is 128 Å². The van der Waals surface area contributed by atoms with Crippen molar-refractivity contribution in [1.29, 1.82) is 5.41 Å². The number of carbonyl (C=O) groups is 1. The van der Waals surface area contributed by atoms with E-state index in [1.165, 1.54) is 12.8 Å². The molecular formula is C20H25N7O. The first-order valence-corrected chi connectivity index (χ1v) is 9.51. The maximum Gasteiger partial charge on any atom is 0.263 e. The molecule has 2 heterocycles. The van der Waals surface area contributed by atoms with Crippen molar-refractivity contribution in [3.63, 3.8) is 0 Å². The molecule has 146 valence electrons. The van der Waals surface area contributed by atoms with E-state index in [2.05, 4.69) is 26.3 Å². The summed E-state index contributed by atoms with van der Waals surface area (Å²) in [5.41, 5.74) is 9.84. The number of nitrogens with two attached hydrogens (primary N) is 1. The highest BCUT2D eigenvalue weighted by molar-refractivity contribution is 6.15. The Balaban J connectivity index is 1.43. The number of nitrogen functional groups attached to an aromatic ring is 1. The Bertz CT molecular complexity index is 895. The lowest BCUT2D eigenvalue weighted by molar-refractivity contribution is -0.121. The molecule has 1 aromatic carbocycles. The van der Waals surface area contributed by atoms with E-state index in [9.17, 15) is 4.79 Å². The van der Waals surface area contributed by atoms with Gasteiger partial charge in [0.05, 0.1) is 17.1 Å². The van der Waals surface area contributed by atoms with E-state index in [0.29, 0.717) is 23.0 Å². The van der Waals surface area contributed by atoms with Gasteiger partial charge in [0, 0.05) is 47.8 Å². The number of carbonyl (C=O) groups excluding carboxylic acids is 1. The van der Waals surface area contributed by atoms with Gasteiger partial charge in [-0.1, -0.05) is 0 Å². The fourth-order valence-electron chi connectivity index (χ4n) is 3.23. The fourth-order valence-corrected chi connectivity index (χ4v) is 3.23. The van der Waals surface area contributed by atoms with E-state index in [0.717, 1.165) is 23.5 Å². The number of fused-ring (bicyclic) bond motifs is 1. The Morgan fingerprint density at radius 1 is 1.29 bits per heavy atom. The van der Waals surface area contributed by atoms with E-state index >= 15 is 0 Å². The highest BCUT2D eigenvalue weighted by atomic mass is 16.2. The lowest BCUT2D eigenvalue weighted by Gasteiger charge is -2.18. The van der Waals surface area contributed by atoms with Crippen molar-refractivity contribution in [2.45, 2.75) is 38.0 Å². The van der Waals surface area contributed by atoms with Crippen molar-refractivity contribution in [1.82, 2.24) is 15.6 Å². The van der Waals surface area contributed by atoms with Crippen LogP contribution in [0.25, 0.3) is 0 Å². The fraction of sp³-hybridized carbons (Fsp3) is 0.350. The maximum atomic E-state index is 12.6. The molecule has 1 aromatic heterocycles. The molecule has 1 aliphatic carbocycles. The highest BCUT2D eigenvalue weighted by Gasteiger charge is 2.28. The summed E-state index contributed by atoms with van der Waals surface area (Å²) in [5, 5.41) is 21.2. The van der Waals surface area contributed by atoms with Crippen LogP contribution in [0.3, 0.4) is 0 Å². The van der Waals surface area contributed by atoms with Crippen LogP contribution in [0.15, 0.2) is 36.7 Å². The van der Waals surface area contributed by atoms with Crippen LogP contribution in [-0.4, -0.2) is 41.4 Å². The molecule has 0 saturated heterocycles. The molecule has 2 aromatic rings. The average molecular weight is 379 g/mol. The van der Waals surface area contributed by atoms with Gasteiger partial charge >= 0.3 is 0 Å². The van der Waals surface area contributed by atoms with Gasteiger partial charge in [-0.2, -0.15) is 0 Å². The van der Waals surface area contributed by atoms with Gasteiger partial charge < -0.3 is 27.0 Å². The molecule has 2 unspecified atom stereocenters. The number of pyridine rings is 1. The first-order valence-electron chi connectivity index (χ1n) is 9.51. The summed E-state index contributed by atoms with van der Waals surface area (Å²) < 4.78 is 0. The molecule has 1 amide bonds. The quantitative estimate of drug-likeness (QED) is 0.320. The van der Waals surface area contributed by atoms with Crippen LogP contribution in [0.5, 0.6) is 0 Å². The number of aromatic nitrogens is 1. The molecule has 0 spiro atoms. The number of anilines is 3. The van der Waals surface area contributed by atoms with Crippen LogP contribution >= 0.6 is 0 Å². The molecule has 8 nitrogen and oxygen atoms in total. The molecule has 1 saturated carbocycles. The molecule has 1 fully saturated rings. The van der Waals surface area contributed by atoms with E-state index in [1.807, 2.05) is 13.0 Å². The van der Waals surface area contributed by atoms with Crippen LogP contribution in [0.2, 0.25) is 0 Å². The van der Waals surface area contributed by atoms with Crippen molar-refractivity contribution >= 4 is 28.7 Å². The zero-order valence-corrected chi connectivity index (χ0v) is 15.8. The van der Waals surface area contributed by atoms with Crippen molar-refractivity contribution < 1.29 is 4.79 Å². The number of rotatable bonds is 7. The van der Waals surface area contributed by atoms with Gasteiger partial charge in [0.15, 0.2) is 6.17 Å². The number of amides is 1. The molecule has 8 heteroatoms. The van der Waals surface area contributed by atoms with Gasteiger partial charge in [0.25, 0.3) is 5.91 Å². The van der Waals surface area contributed by atoms with Crippen LogP contribution in [0.4, 0.5) is 17.1 Å². The minimum Gasteiger partial charge on any atom is -0.398 e. The minimum absolute atomic E-state index is 0.0425. The zero-order valence-electron chi connectivity index (χ0n) is 15.8. The maximum absolute atomic E-state index is 12.6. The second kappa shape index (κ2) is 7.47. The Morgan fingerprint density at radius 3 is 2.64 bits per heavy atom. The van der Waals surface area contributed by atoms with Gasteiger partial charge in [-0.25, -0.2) is 0 Å². The van der Waals surface area contributed by atoms with Crippen molar-refractivity contribution in [3.05, 3.63) is 47.8 Å². The molecular weight excluding hydrogens is 354 g/mol. The lowest BCUT2D eigenvalue weighted by Crippen LogP contribution is -2.48. The second-order valence-electron chi connectivity index (χ2n) is 7.41.